The number of ether oxygens (including phenoxy) is 2. The van der Waals surface area contributed by atoms with Crippen LogP contribution >= 0.6 is 11.6 Å². The Morgan fingerprint density at radius 2 is 2.23 bits per heavy atom. The Labute approximate surface area is 131 Å². The van der Waals surface area contributed by atoms with Crippen LogP contribution in [0.1, 0.15) is 6.92 Å². The lowest BCUT2D eigenvalue weighted by atomic mass is 10.0. The Hall–Kier alpha value is -2.08. The van der Waals surface area contributed by atoms with Crippen LogP contribution in [-0.2, 0) is 0 Å². The standard InChI is InChI=1S/C15H13ClFN3O2/c1-8-6-22-14-9(12-10(16)5-18-7-19-12)4-11(17)15-13(14)20(8)2-3-21-15/h4-5,7-8H,2-3,6H2,1H3. The Morgan fingerprint density at radius 1 is 1.36 bits per heavy atom. The van der Waals surface area contributed by atoms with Gasteiger partial charge in [-0.05, 0) is 13.0 Å². The van der Waals surface area contributed by atoms with Crippen molar-refractivity contribution in [1.29, 1.82) is 0 Å². The van der Waals surface area contributed by atoms with Gasteiger partial charge in [0.2, 0.25) is 0 Å². The lowest BCUT2D eigenvalue weighted by molar-refractivity contribution is 0.230. The molecular weight excluding hydrogens is 309 g/mol. The summed E-state index contributed by atoms with van der Waals surface area (Å²) < 4.78 is 25.9. The van der Waals surface area contributed by atoms with Crippen molar-refractivity contribution in [2.24, 2.45) is 0 Å². The average molecular weight is 322 g/mol. The molecule has 0 aliphatic carbocycles. The summed E-state index contributed by atoms with van der Waals surface area (Å²) in [4.78, 5) is 10.1. The molecule has 2 aromatic rings. The minimum absolute atomic E-state index is 0.158. The summed E-state index contributed by atoms with van der Waals surface area (Å²) in [5, 5.41) is 0.351. The maximum Gasteiger partial charge on any atom is 0.182 e. The van der Waals surface area contributed by atoms with Crippen molar-refractivity contribution in [2.45, 2.75) is 13.0 Å². The van der Waals surface area contributed by atoms with Crippen LogP contribution in [-0.4, -0.2) is 35.8 Å². The third-order valence-corrected chi connectivity index (χ3v) is 4.23. The van der Waals surface area contributed by atoms with Gasteiger partial charge in [0.1, 0.15) is 25.2 Å². The Kier molecular flexibility index (Phi) is 3.07. The molecule has 7 heteroatoms. The van der Waals surface area contributed by atoms with Crippen LogP contribution in [0.2, 0.25) is 5.02 Å². The summed E-state index contributed by atoms with van der Waals surface area (Å²) in [5.74, 6) is 0.363. The van der Waals surface area contributed by atoms with E-state index in [1.165, 1.54) is 18.6 Å². The summed E-state index contributed by atoms with van der Waals surface area (Å²) in [6, 6.07) is 1.52. The van der Waals surface area contributed by atoms with Gasteiger partial charge in [-0.1, -0.05) is 11.6 Å². The third-order valence-electron chi connectivity index (χ3n) is 3.95. The van der Waals surface area contributed by atoms with Crippen molar-refractivity contribution in [3.05, 3.63) is 29.4 Å². The summed E-state index contributed by atoms with van der Waals surface area (Å²) >= 11 is 6.16. The first-order valence-electron chi connectivity index (χ1n) is 7.01. The molecule has 0 amide bonds. The first-order valence-corrected chi connectivity index (χ1v) is 7.39. The Balaban J connectivity index is 2.00. The number of hydrogen-bond donors (Lipinski definition) is 0. The molecule has 0 fully saturated rings. The van der Waals surface area contributed by atoms with E-state index in [2.05, 4.69) is 14.9 Å². The van der Waals surface area contributed by atoms with Crippen LogP contribution in [0.3, 0.4) is 0 Å². The quantitative estimate of drug-likeness (QED) is 0.808. The van der Waals surface area contributed by atoms with Gasteiger partial charge < -0.3 is 14.4 Å². The second-order valence-corrected chi connectivity index (χ2v) is 5.74. The van der Waals surface area contributed by atoms with Gasteiger partial charge in [0, 0.05) is 11.8 Å². The molecule has 1 aromatic carbocycles. The van der Waals surface area contributed by atoms with Crippen LogP contribution < -0.4 is 14.4 Å². The largest absolute Gasteiger partial charge is 0.488 e. The monoisotopic (exact) mass is 321 g/mol. The zero-order chi connectivity index (χ0) is 15.3. The Bertz CT molecular complexity index is 756. The number of nitrogens with zero attached hydrogens (tertiary/aromatic N) is 3. The molecule has 3 heterocycles. The first kappa shape index (κ1) is 13.6. The fourth-order valence-corrected chi connectivity index (χ4v) is 3.13. The van der Waals surface area contributed by atoms with E-state index in [1.807, 2.05) is 6.92 Å². The number of halogens is 2. The highest BCUT2D eigenvalue weighted by Crippen LogP contribution is 2.50. The average Bonchev–Trinajstić information content (AvgIpc) is 2.53. The predicted molar refractivity (Wildman–Crippen MR) is 80.2 cm³/mol. The molecule has 1 atom stereocenters. The minimum atomic E-state index is -0.439. The van der Waals surface area contributed by atoms with E-state index < -0.39 is 5.82 Å². The van der Waals surface area contributed by atoms with E-state index in [1.54, 1.807) is 0 Å². The second-order valence-electron chi connectivity index (χ2n) is 5.33. The van der Waals surface area contributed by atoms with Gasteiger partial charge in [-0.2, -0.15) is 0 Å². The highest BCUT2D eigenvalue weighted by Gasteiger charge is 2.35. The van der Waals surface area contributed by atoms with Crippen LogP contribution in [0.15, 0.2) is 18.6 Å². The van der Waals surface area contributed by atoms with E-state index in [4.69, 9.17) is 21.1 Å². The van der Waals surface area contributed by atoms with Gasteiger partial charge in [0.05, 0.1) is 23.3 Å². The topological polar surface area (TPSA) is 47.5 Å². The van der Waals surface area contributed by atoms with Crippen LogP contribution in [0.5, 0.6) is 11.5 Å². The molecule has 22 heavy (non-hydrogen) atoms. The summed E-state index contributed by atoms with van der Waals surface area (Å²) in [7, 11) is 0. The zero-order valence-electron chi connectivity index (χ0n) is 11.8. The fraction of sp³-hybridized carbons (Fsp3) is 0.333. The molecule has 5 nitrogen and oxygen atoms in total. The van der Waals surface area contributed by atoms with E-state index >= 15 is 0 Å². The van der Waals surface area contributed by atoms with E-state index in [0.717, 1.165) is 0 Å². The highest BCUT2D eigenvalue weighted by atomic mass is 35.5. The Morgan fingerprint density at radius 3 is 3.05 bits per heavy atom. The number of anilines is 1. The molecule has 0 radical (unpaired) electrons. The smallest absolute Gasteiger partial charge is 0.182 e. The number of benzene rings is 1. The van der Waals surface area contributed by atoms with Gasteiger partial charge >= 0.3 is 0 Å². The normalized spacial score (nSPS) is 19.2. The van der Waals surface area contributed by atoms with Gasteiger partial charge in [0.15, 0.2) is 17.3 Å². The fourth-order valence-electron chi connectivity index (χ4n) is 2.93. The zero-order valence-corrected chi connectivity index (χ0v) is 12.6. The van der Waals surface area contributed by atoms with Crippen molar-refractivity contribution in [3.8, 4) is 22.8 Å². The maximum atomic E-state index is 14.5. The van der Waals surface area contributed by atoms with Gasteiger partial charge in [-0.3, -0.25) is 0 Å². The molecular formula is C15H13ClFN3O2. The summed E-state index contributed by atoms with van der Waals surface area (Å²) in [5.41, 5.74) is 1.62. The second kappa shape index (κ2) is 4.98. The highest BCUT2D eigenvalue weighted by molar-refractivity contribution is 6.33. The van der Waals surface area contributed by atoms with Crippen molar-refractivity contribution < 1.29 is 13.9 Å². The van der Waals surface area contributed by atoms with Crippen molar-refractivity contribution in [3.63, 3.8) is 0 Å². The first-order chi connectivity index (χ1) is 10.7. The molecule has 2 aliphatic rings. The number of rotatable bonds is 1. The molecule has 4 rings (SSSR count). The lowest BCUT2D eigenvalue weighted by Crippen LogP contribution is -2.45. The van der Waals surface area contributed by atoms with E-state index in [9.17, 15) is 4.39 Å². The van der Waals surface area contributed by atoms with E-state index in [0.29, 0.717) is 47.5 Å². The molecule has 0 bridgehead atoms. The van der Waals surface area contributed by atoms with Crippen LogP contribution in [0, 0.1) is 5.82 Å². The van der Waals surface area contributed by atoms with Gasteiger partial charge in [-0.25, -0.2) is 14.4 Å². The van der Waals surface area contributed by atoms with E-state index in [-0.39, 0.29) is 11.8 Å². The molecule has 0 saturated heterocycles. The lowest BCUT2D eigenvalue weighted by Gasteiger charge is -2.41. The molecule has 1 aromatic heterocycles. The summed E-state index contributed by atoms with van der Waals surface area (Å²) in [6.45, 7) is 3.72. The molecule has 0 spiro atoms. The number of hydrogen-bond acceptors (Lipinski definition) is 5. The minimum Gasteiger partial charge on any atom is -0.488 e. The van der Waals surface area contributed by atoms with Gasteiger partial charge in [-0.15, -0.1) is 0 Å². The van der Waals surface area contributed by atoms with Crippen LogP contribution in [0.25, 0.3) is 11.3 Å². The molecule has 0 saturated carbocycles. The molecule has 0 N–H and O–H groups in total. The number of aromatic nitrogens is 2. The van der Waals surface area contributed by atoms with Crippen LogP contribution in [0.4, 0.5) is 10.1 Å². The van der Waals surface area contributed by atoms with Crippen molar-refractivity contribution in [2.75, 3.05) is 24.7 Å². The third kappa shape index (κ3) is 1.90. The predicted octanol–water partition coefficient (Wildman–Crippen LogP) is 2.92. The van der Waals surface area contributed by atoms with Gasteiger partial charge in [0.25, 0.3) is 0 Å². The molecule has 114 valence electrons. The SMILES string of the molecule is CC1COc2c(-c3ncncc3Cl)cc(F)c3c2N1CCO3. The van der Waals surface area contributed by atoms with Crippen molar-refractivity contribution in [1.82, 2.24) is 9.97 Å². The van der Waals surface area contributed by atoms with Crippen molar-refractivity contribution >= 4 is 17.3 Å². The maximum absolute atomic E-state index is 14.5. The summed E-state index contributed by atoms with van der Waals surface area (Å²) in [6.07, 6.45) is 2.86. The molecule has 1 unspecified atom stereocenters. The molecule has 2 aliphatic heterocycles.